The zero-order valence-electron chi connectivity index (χ0n) is 14.1. The molecule has 0 saturated carbocycles. The predicted octanol–water partition coefficient (Wildman–Crippen LogP) is 1.90. The second-order valence-electron chi connectivity index (χ2n) is 5.86. The number of nitrogens with one attached hydrogen (secondary N) is 1. The molecule has 11 heteroatoms. The van der Waals surface area contributed by atoms with Gasteiger partial charge in [-0.2, -0.15) is 13.2 Å². The number of likely N-dealkylation sites (N-methyl/N-ethyl adjacent to an activating group) is 1. The zero-order valence-corrected chi connectivity index (χ0v) is 14.9. The third-order valence-electron chi connectivity index (χ3n) is 3.81. The fraction of sp³-hybridized carbons (Fsp3) is 0.375. The average Bonchev–Trinajstić information content (AvgIpc) is 2.87. The lowest BCUT2D eigenvalue weighted by Gasteiger charge is -2.20. The smallest absolute Gasteiger partial charge is 0.335 e. The van der Waals surface area contributed by atoms with Crippen LogP contribution in [0.25, 0.3) is 0 Å². The van der Waals surface area contributed by atoms with Crippen LogP contribution in [0.3, 0.4) is 0 Å². The number of anilines is 1. The van der Waals surface area contributed by atoms with Crippen LogP contribution in [-0.4, -0.2) is 53.6 Å². The van der Waals surface area contributed by atoms with Crippen molar-refractivity contribution >= 4 is 40.9 Å². The number of rotatable bonds is 5. The summed E-state index contributed by atoms with van der Waals surface area (Å²) in [4.78, 5) is 48.8. The number of hydrogen-bond acceptors (Lipinski definition) is 4. The van der Waals surface area contributed by atoms with E-state index in [1.54, 1.807) is 0 Å². The highest BCUT2D eigenvalue weighted by molar-refractivity contribution is 6.31. The number of amides is 4. The lowest BCUT2D eigenvalue weighted by Crippen LogP contribution is -2.43. The monoisotopic (exact) mass is 405 g/mol. The van der Waals surface area contributed by atoms with E-state index in [1.165, 1.54) is 13.1 Å². The molecule has 1 aliphatic heterocycles. The van der Waals surface area contributed by atoms with Gasteiger partial charge in [-0.15, -0.1) is 0 Å². The molecule has 1 aromatic rings. The minimum atomic E-state index is -4.68. The fourth-order valence-corrected chi connectivity index (χ4v) is 2.60. The lowest BCUT2D eigenvalue weighted by molar-refractivity contribution is -0.145. The fourth-order valence-electron chi connectivity index (χ4n) is 2.38. The van der Waals surface area contributed by atoms with Crippen molar-refractivity contribution in [3.63, 3.8) is 0 Å². The van der Waals surface area contributed by atoms with E-state index in [2.05, 4.69) is 5.32 Å². The minimum absolute atomic E-state index is 0.0361. The standard InChI is InChI=1S/C16H15ClF3N3O4/c1-22(15(27)8-23-13(25)4-5-14(23)26)7-12(24)21-9-2-3-11(17)10(6-9)16(18,19)20/h2-3,6H,4-5,7-8H2,1H3,(H,21,24). The van der Waals surface area contributed by atoms with Gasteiger partial charge in [0.15, 0.2) is 0 Å². The number of carbonyl (C=O) groups excluding carboxylic acids is 4. The van der Waals surface area contributed by atoms with Crippen LogP contribution in [0, 0.1) is 0 Å². The van der Waals surface area contributed by atoms with Gasteiger partial charge in [-0.3, -0.25) is 24.1 Å². The minimum Gasteiger partial charge on any atom is -0.335 e. The molecule has 7 nitrogen and oxygen atoms in total. The summed E-state index contributed by atoms with van der Waals surface area (Å²) in [7, 11) is 1.27. The molecule has 146 valence electrons. The van der Waals surface area contributed by atoms with Gasteiger partial charge in [0.05, 0.1) is 17.1 Å². The van der Waals surface area contributed by atoms with Crippen LogP contribution in [0.5, 0.6) is 0 Å². The molecule has 0 spiro atoms. The number of likely N-dealkylation sites (tertiary alicyclic amines) is 1. The van der Waals surface area contributed by atoms with Gasteiger partial charge < -0.3 is 10.2 Å². The Balaban J connectivity index is 1.96. The quantitative estimate of drug-likeness (QED) is 0.758. The molecule has 1 aliphatic rings. The van der Waals surface area contributed by atoms with Crippen LogP contribution in [-0.2, 0) is 25.4 Å². The van der Waals surface area contributed by atoms with E-state index in [0.717, 1.165) is 15.9 Å². The number of nitrogens with zero attached hydrogens (tertiary/aromatic N) is 2. The van der Waals surface area contributed by atoms with Crippen LogP contribution in [0.1, 0.15) is 18.4 Å². The number of hydrogen-bond donors (Lipinski definition) is 1. The molecule has 0 atom stereocenters. The Bertz CT molecular complexity index is 782. The second kappa shape index (κ2) is 7.95. The lowest BCUT2D eigenvalue weighted by atomic mass is 10.2. The number of halogens is 4. The van der Waals surface area contributed by atoms with Crippen LogP contribution >= 0.6 is 11.6 Å². The highest BCUT2D eigenvalue weighted by Gasteiger charge is 2.34. The highest BCUT2D eigenvalue weighted by Crippen LogP contribution is 2.36. The molecule has 0 aromatic heterocycles. The third-order valence-corrected chi connectivity index (χ3v) is 4.14. The van der Waals surface area contributed by atoms with Gasteiger partial charge in [-0.25, -0.2) is 0 Å². The Labute approximate surface area is 157 Å². The Kier molecular flexibility index (Phi) is 6.09. The van der Waals surface area contributed by atoms with Gasteiger partial charge in [-0.1, -0.05) is 11.6 Å². The van der Waals surface area contributed by atoms with Gasteiger partial charge in [0.1, 0.15) is 6.54 Å². The summed E-state index contributed by atoms with van der Waals surface area (Å²) in [5.74, 6) is -2.33. The molecule has 0 aliphatic carbocycles. The maximum atomic E-state index is 12.8. The number of carbonyl (C=O) groups is 4. The summed E-state index contributed by atoms with van der Waals surface area (Å²) in [5.41, 5.74) is -1.24. The molecule has 1 N–H and O–H groups in total. The summed E-state index contributed by atoms with van der Waals surface area (Å²) in [6, 6.07) is 2.88. The first-order chi connectivity index (χ1) is 12.5. The Morgan fingerprint density at radius 2 is 1.81 bits per heavy atom. The molecule has 1 saturated heterocycles. The van der Waals surface area contributed by atoms with Crippen molar-refractivity contribution in [2.45, 2.75) is 19.0 Å². The Morgan fingerprint density at radius 1 is 1.22 bits per heavy atom. The maximum Gasteiger partial charge on any atom is 0.417 e. The van der Waals surface area contributed by atoms with E-state index in [4.69, 9.17) is 11.6 Å². The van der Waals surface area contributed by atoms with E-state index in [-0.39, 0.29) is 18.5 Å². The van der Waals surface area contributed by atoms with Crippen molar-refractivity contribution in [1.82, 2.24) is 9.80 Å². The number of benzene rings is 1. The largest absolute Gasteiger partial charge is 0.417 e. The van der Waals surface area contributed by atoms with Gasteiger partial charge >= 0.3 is 6.18 Å². The first-order valence-electron chi connectivity index (χ1n) is 7.73. The van der Waals surface area contributed by atoms with Gasteiger partial charge in [-0.05, 0) is 18.2 Å². The molecule has 4 amide bonds. The molecule has 1 heterocycles. The van der Waals surface area contributed by atoms with E-state index >= 15 is 0 Å². The number of imide groups is 1. The van der Waals surface area contributed by atoms with E-state index in [1.807, 2.05) is 0 Å². The maximum absolute atomic E-state index is 12.8. The Hall–Kier alpha value is -2.62. The average molecular weight is 406 g/mol. The normalized spacial score (nSPS) is 14.5. The topological polar surface area (TPSA) is 86.8 Å². The number of alkyl halides is 3. The van der Waals surface area contributed by atoms with E-state index in [0.29, 0.717) is 6.07 Å². The van der Waals surface area contributed by atoms with Crippen molar-refractivity contribution in [2.24, 2.45) is 0 Å². The van der Waals surface area contributed by atoms with Crippen LogP contribution < -0.4 is 5.32 Å². The molecule has 0 unspecified atom stereocenters. The molecule has 0 bridgehead atoms. The van der Waals surface area contributed by atoms with Gasteiger partial charge in [0.25, 0.3) is 0 Å². The molecule has 0 radical (unpaired) electrons. The van der Waals surface area contributed by atoms with E-state index in [9.17, 15) is 32.3 Å². The molecular weight excluding hydrogens is 391 g/mol. The highest BCUT2D eigenvalue weighted by atomic mass is 35.5. The van der Waals surface area contributed by atoms with Crippen LogP contribution in [0.4, 0.5) is 18.9 Å². The first kappa shape index (κ1) is 20.7. The van der Waals surface area contributed by atoms with Crippen molar-refractivity contribution in [1.29, 1.82) is 0 Å². The SMILES string of the molecule is CN(CC(=O)Nc1ccc(Cl)c(C(F)(F)F)c1)C(=O)CN1C(=O)CCC1=O. The van der Waals surface area contributed by atoms with Crippen LogP contribution in [0.15, 0.2) is 18.2 Å². The molecular formula is C16H15ClF3N3O4. The molecule has 1 aromatic carbocycles. The van der Waals surface area contributed by atoms with Gasteiger partial charge in [0.2, 0.25) is 23.6 Å². The second-order valence-corrected chi connectivity index (χ2v) is 6.27. The predicted molar refractivity (Wildman–Crippen MR) is 88.7 cm³/mol. The van der Waals surface area contributed by atoms with Gasteiger partial charge in [0, 0.05) is 25.6 Å². The molecule has 2 rings (SSSR count). The van der Waals surface area contributed by atoms with E-state index < -0.39 is 53.5 Å². The summed E-state index contributed by atoms with van der Waals surface area (Å²) >= 11 is 5.50. The Morgan fingerprint density at radius 3 is 2.37 bits per heavy atom. The van der Waals surface area contributed by atoms with Crippen molar-refractivity contribution in [3.8, 4) is 0 Å². The summed E-state index contributed by atoms with van der Waals surface area (Å²) in [6.07, 6.45) is -4.61. The summed E-state index contributed by atoms with van der Waals surface area (Å²) < 4.78 is 38.5. The summed E-state index contributed by atoms with van der Waals surface area (Å²) in [5, 5.41) is 1.73. The van der Waals surface area contributed by atoms with Crippen molar-refractivity contribution < 1.29 is 32.3 Å². The molecule has 1 fully saturated rings. The third kappa shape index (κ3) is 5.19. The van der Waals surface area contributed by atoms with Crippen molar-refractivity contribution in [2.75, 3.05) is 25.5 Å². The molecule has 27 heavy (non-hydrogen) atoms. The first-order valence-corrected chi connectivity index (χ1v) is 8.10. The zero-order chi connectivity index (χ0) is 20.4. The summed E-state index contributed by atoms with van der Waals surface area (Å²) in [6.45, 7) is -0.959. The van der Waals surface area contributed by atoms with Crippen molar-refractivity contribution in [3.05, 3.63) is 28.8 Å². The van der Waals surface area contributed by atoms with Crippen LogP contribution in [0.2, 0.25) is 5.02 Å².